The summed E-state index contributed by atoms with van der Waals surface area (Å²) >= 11 is 0. The van der Waals surface area contributed by atoms with Crippen LogP contribution in [0, 0.1) is 0 Å². The van der Waals surface area contributed by atoms with Gasteiger partial charge in [-0.05, 0) is 25.0 Å². The van der Waals surface area contributed by atoms with Crippen LogP contribution in [0.4, 0.5) is 0 Å². The van der Waals surface area contributed by atoms with Gasteiger partial charge in [0.25, 0.3) is 0 Å². The van der Waals surface area contributed by atoms with Crippen LogP contribution >= 0.6 is 0 Å². The normalized spacial score (nSPS) is 12.2. The second-order valence-corrected chi connectivity index (χ2v) is 4.75. The number of imidazole rings is 1. The summed E-state index contributed by atoms with van der Waals surface area (Å²) in [6.07, 6.45) is 2.25. The zero-order valence-corrected chi connectivity index (χ0v) is 10.6. The smallest absolute Gasteiger partial charge is 0.115 e. The number of aromatic nitrogens is 2. The Labute approximate surface area is 97.3 Å². The second kappa shape index (κ2) is 3.93. The number of hydrogen-bond acceptors (Lipinski definition) is 1. The van der Waals surface area contributed by atoms with E-state index in [2.05, 4.69) is 50.6 Å². The Kier molecular flexibility index (Phi) is 2.75. The molecule has 16 heavy (non-hydrogen) atoms. The molecule has 0 fully saturated rings. The van der Waals surface area contributed by atoms with Crippen molar-refractivity contribution in [3.8, 4) is 0 Å². The zero-order valence-electron chi connectivity index (χ0n) is 10.6. The molecule has 0 N–H and O–H groups in total. The van der Waals surface area contributed by atoms with Crippen LogP contribution in [-0.2, 0) is 12.5 Å². The van der Waals surface area contributed by atoms with Crippen LogP contribution in [0.5, 0.6) is 0 Å². The molecule has 1 heterocycles. The van der Waals surface area contributed by atoms with Gasteiger partial charge < -0.3 is 4.57 Å². The topological polar surface area (TPSA) is 17.8 Å². The number of fused-ring (bicyclic) bond motifs is 1. The Balaban J connectivity index is 2.65. The average Bonchev–Trinajstić information content (AvgIpc) is 2.67. The van der Waals surface area contributed by atoms with Crippen LogP contribution in [0.3, 0.4) is 0 Å². The molecule has 0 saturated heterocycles. The largest absolute Gasteiger partial charge is 0.331 e. The monoisotopic (exact) mass is 216 g/mol. The first-order chi connectivity index (χ1) is 7.62. The first-order valence-corrected chi connectivity index (χ1v) is 6.04. The highest BCUT2D eigenvalue weighted by Crippen LogP contribution is 2.31. The quantitative estimate of drug-likeness (QED) is 0.765. The van der Waals surface area contributed by atoms with E-state index in [1.807, 2.05) is 6.07 Å². The van der Waals surface area contributed by atoms with Crippen LogP contribution in [-0.4, -0.2) is 9.55 Å². The minimum absolute atomic E-state index is 0.188. The van der Waals surface area contributed by atoms with Crippen molar-refractivity contribution in [3.63, 3.8) is 0 Å². The highest BCUT2D eigenvalue weighted by Gasteiger charge is 2.27. The molecule has 1 aromatic heterocycles. The highest BCUT2D eigenvalue weighted by atomic mass is 15.1. The lowest BCUT2D eigenvalue weighted by molar-refractivity contribution is 0.402. The molecular weight excluding hydrogens is 196 g/mol. The number of hydrogen-bond donors (Lipinski definition) is 0. The lowest BCUT2D eigenvalue weighted by Gasteiger charge is -2.25. The Hall–Kier alpha value is -1.31. The summed E-state index contributed by atoms with van der Waals surface area (Å²) in [4.78, 5) is 4.79. The number of aryl methyl sites for hydroxylation is 1. The molecular formula is C14H20N2. The third kappa shape index (κ3) is 1.53. The molecule has 0 aliphatic rings. The molecule has 0 radical (unpaired) electrons. The van der Waals surface area contributed by atoms with E-state index < -0.39 is 0 Å². The van der Waals surface area contributed by atoms with Crippen molar-refractivity contribution < 1.29 is 0 Å². The van der Waals surface area contributed by atoms with Gasteiger partial charge in [-0.2, -0.15) is 0 Å². The second-order valence-electron chi connectivity index (χ2n) is 4.75. The molecule has 86 valence electrons. The molecule has 0 amide bonds. The molecule has 2 nitrogen and oxygen atoms in total. The van der Waals surface area contributed by atoms with Gasteiger partial charge in [0.1, 0.15) is 5.82 Å². The molecule has 1 aromatic carbocycles. The molecule has 0 bridgehead atoms. The average molecular weight is 216 g/mol. The van der Waals surface area contributed by atoms with E-state index in [1.165, 1.54) is 11.3 Å². The summed E-state index contributed by atoms with van der Waals surface area (Å²) in [5.74, 6) is 1.21. The summed E-state index contributed by atoms with van der Waals surface area (Å²) in [6, 6.07) is 8.35. The van der Waals surface area contributed by atoms with E-state index in [9.17, 15) is 0 Å². The lowest BCUT2D eigenvalue weighted by atomic mass is 9.84. The predicted molar refractivity (Wildman–Crippen MR) is 68.6 cm³/mol. The third-order valence-electron chi connectivity index (χ3n) is 3.89. The zero-order chi connectivity index (χ0) is 11.8. The Morgan fingerprint density at radius 1 is 1.19 bits per heavy atom. The summed E-state index contributed by atoms with van der Waals surface area (Å²) in [5, 5.41) is 0. The summed E-state index contributed by atoms with van der Waals surface area (Å²) in [6.45, 7) is 6.78. The summed E-state index contributed by atoms with van der Waals surface area (Å²) in [5.41, 5.74) is 2.52. The lowest BCUT2D eigenvalue weighted by Crippen LogP contribution is -2.24. The van der Waals surface area contributed by atoms with E-state index in [1.54, 1.807) is 0 Å². The maximum absolute atomic E-state index is 4.79. The Morgan fingerprint density at radius 3 is 2.38 bits per heavy atom. The number of benzene rings is 1. The standard InChI is InChI=1S/C14H20N2/c1-5-14(3,6-2)13-15-11-9-7-8-10-12(11)16(13)4/h7-10H,5-6H2,1-4H3. The van der Waals surface area contributed by atoms with Crippen molar-refractivity contribution in [3.05, 3.63) is 30.1 Å². The Morgan fingerprint density at radius 2 is 1.81 bits per heavy atom. The van der Waals surface area contributed by atoms with Crippen molar-refractivity contribution in [2.45, 2.75) is 39.0 Å². The van der Waals surface area contributed by atoms with Gasteiger partial charge >= 0.3 is 0 Å². The van der Waals surface area contributed by atoms with Gasteiger partial charge in [0.15, 0.2) is 0 Å². The van der Waals surface area contributed by atoms with Gasteiger partial charge in [0.2, 0.25) is 0 Å². The minimum Gasteiger partial charge on any atom is -0.331 e. The van der Waals surface area contributed by atoms with Crippen molar-refractivity contribution >= 4 is 11.0 Å². The molecule has 2 rings (SSSR count). The van der Waals surface area contributed by atoms with Crippen LogP contribution in [0.2, 0.25) is 0 Å². The molecule has 0 saturated carbocycles. The van der Waals surface area contributed by atoms with Gasteiger partial charge in [-0.3, -0.25) is 0 Å². The summed E-state index contributed by atoms with van der Waals surface area (Å²) < 4.78 is 2.24. The van der Waals surface area contributed by atoms with E-state index >= 15 is 0 Å². The van der Waals surface area contributed by atoms with Gasteiger partial charge in [-0.1, -0.05) is 32.9 Å². The predicted octanol–water partition coefficient (Wildman–Crippen LogP) is 3.65. The van der Waals surface area contributed by atoms with Gasteiger partial charge in [0, 0.05) is 12.5 Å². The molecule has 0 spiro atoms. The van der Waals surface area contributed by atoms with Crippen molar-refractivity contribution in [1.82, 2.24) is 9.55 Å². The molecule has 0 atom stereocenters. The van der Waals surface area contributed by atoms with Crippen molar-refractivity contribution in [2.75, 3.05) is 0 Å². The SMILES string of the molecule is CCC(C)(CC)c1nc2ccccc2n1C. The van der Waals surface area contributed by atoms with E-state index in [0.717, 1.165) is 18.4 Å². The molecule has 2 aromatic rings. The fraction of sp³-hybridized carbons (Fsp3) is 0.500. The number of para-hydroxylation sites is 2. The van der Waals surface area contributed by atoms with E-state index in [0.29, 0.717) is 0 Å². The van der Waals surface area contributed by atoms with Crippen LogP contribution in [0.25, 0.3) is 11.0 Å². The third-order valence-corrected chi connectivity index (χ3v) is 3.89. The van der Waals surface area contributed by atoms with Crippen molar-refractivity contribution in [1.29, 1.82) is 0 Å². The molecule has 0 unspecified atom stereocenters. The molecule has 2 heteroatoms. The fourth-order valence-corrected chi connectivity index (χ4v) is 2.25. The molecule has 0 aliphatic heterocycles. The van der Waals surface area contributed by atoms with E-state index in [-0.39, 0.29) is 5.41 Å². The minimum atomic E-state index is 0.188. The molecule has 0 aliphatic carbocycles. The fourth-order valence-electron chi connectivity index (χ4n) is 2.25. The first kappa shape index (κ1) is 11.2. The van der Waals surface area contributed by atoms with Crippen LogP contribution in [0.1, 0.15) is 39.4 Å². The number of rotatable bonds is 3. The van der Waals surface area contributed by atoms with Gasteiger partial charge in [-0.15, -0.1) is 0 Å². The number of nitrogens with zero attached hydrogens (tertiary/aromatic N) is 2. The van der Waals surface area contributed by atoms with Crippen LogP contribution in [0.15, 0.2) is 24.3 Å². The van der Waals surface area contributed by atoms with Gasteiger partial charge in [-0.25, -0.2) is 4.98 Å². The maximum atomic E-state index is 4.79. The van der Waals surface area contributed by atoms with Crippen molar-refractivity contribution in [2.24, 2.45) is 7.05 Å². The van der Waals surface area contributed by atoms with E-state index in [4.69, 9.17) is 4.98 Å². The summed E-state index contributed by atoms with van der Waals surface area (Å²) in [7, 11) is 2.12. The first-order valence-electron chi connectivity index (χ1n) is 6.04. The Bertz CT molecular complexity index is 492. The van der Waals surface area contributed by atoms with Gasteiger partial charge in [0.05, 0.1) is 11.0 Å². The van der Waals surface area contributed by atoms with Crippen LogP contribution < -0.4 is 0 Å². The maximum Gasteiger partial charge on any atom is 0.115 e. The highest BCUT2D eigenvalue weighted by molar-refractivity contribution is 5.76.